The third-order valence-electron chi connectivity index (χ3n) is 2.63. The summed E-state index contributed by atoms with van der Waals surface area (Å²) >= 11 is 0. The van der Waals surface area contributed by atoms with Crippen LogP contribution in [0.3, 0.4) is 0 Å². The van der Waals surface area contributed by atoms with Crippen LogP contribution < -0.4 is 4.90 Å². The van der Waals surface area contributed by atoms with Gasteiger partial charge in [0.25, 0.3) is 0 Å². The van der Waals surface area contributed by atoms with Crippen LogP contribution in [-0.4, -0.2) is 18.2 Å². The molecule has 0 aromatic heterocycles. The Morgan fingerprint density at radius 3 is 2.76 bits per heavy atom. The number of hydrogen-bond donors (Lipinski definition) is 1. The molecular weight excluding hydrogens is 217 g/mol. The average Bonchev–Trinajstić information content (AvgIpc) is 2.28. The van der Waals surface area contributed by atoms with Crippen molar-refractivity contribution in [3.8, 4) is 0 Å². The van der Waals surface area contributed by atoms with E-state index in [9.17, 15) is 9.50 Å². The Bertz CT molecular complexity index is 376. The van der Waals surface area contributed by atoms with Crippen LogP contribution in [0.4, 0.5) is 10.1 Å². The zero-order valence-corrected chi connectivity index (χ0v) is 10.5. The Hall–Kier alpha value is -1.35. The number of anilines is 1. The van der Waals surface area contributed by atoms with E-state index in [0.29, 0.717) is 12.1 Å². The number of aliphatic hydroxyl groups excluding tert-OH is 1. The highest BCUT2D eigenvalue weighted by molar-refractivity contribution is 5.55. The van der Waals surface area contributed by atoms with Gasteiger partial charge >= 0.3 is 0 Å². The zero-order valence-electron chi connectivity index (χ0n) is 10.5. The number of halogens is 1. The summed E-state index contributed by atoms with van der Waals surface area (Å²) in [5.74, 6) is -0.359. The molecule has 0 radical (unpaired) electrons. The Balaban J connectivity index is 3.16. The van der Waals surface area contributed by atoms with Crippen molar-refractivity contribution in [1.29, 1.82) is 0 Å². The van der Waals surface area contributed by atoms with Crippen LogP contribution >= 0.6 is 0 Å². The molecule has 1 aromatic rings. The van der Waals surface area contributed by atoms with Gasteiger partial charge in [0, 0.05) is 24.3 Å². The first-order valence-electron chi connectivity index (χ1n) is 5.94. The molecule has 1 atom stereocenters. The van der Waals surface area contributed by atoms with Crippen molar-refractivity contribution in [1.82, 2.24) is 0 Å². The fourth-order valence-electron chi connectivity index (χ4n) is 1.95. The first kappa shape index (κ1) is 13.7. The number of benzene rings is 1. The van der Waals surface area contributed by atoms with Gasteiger partial charge < -0.3 is 10.0 Å². The van der Waals surface area contributed by atoms with Gasteiger partial charge in [-0.05, 0) is 25.5 Å². The van der Waals surface area contributed by atoms with E-state index in [1.807, 2.05) is 11.0 Å². The summed E-state index contributed by atoms with van der Waals surface area (Å²) in [6.07, 6.45) is 1.94. The minimum Gasteiger partial charge on any atom is -0.389 e. The average molecular weight is 237 g/mol. The normalized spacial score (nSPS) is 12.2. The van der Waals surface area contributed by atoms with E-state index in [4.69, 9.17) is 0 Å². The second kappa shape index (κ2) is 6.40. The smallest absolute Gasteiger partial charge is 0.131 e. The first-order chi connectivity index (χ1) is 8.11. The fraction of sp³-hybridized carbons (Fsp3) is 0.429. The van der Waals surface area contributed by atoms with Crippen LogP contribution in [-0.2, 0) is 0 Å². The van der Waals surface area contributed by atoms with Gasteiger partial charge in [0.1, 0.15) is 5.82 Å². The van der Waals surface area contributed by atoms with Crippen LogP contribution in [0.5, 0.6) is 0 Å². The molecule has 2 nitrogen and oxygen atoms in total. The lowest BCUT2D eigenvalue weighted by Gasteiger charge is -2.26. The Kier molecular flexibility index (Phi) is 5.16. The molecule has 0 aliphatic carbocycles. The maximum atomic E-state index is 13.7. The molecule has 0 aliphatic rings. The van der Waals surface area contributed by atoms with E-state index < -0.39 is 6.10 Å². The lowest BCUT2D eigenvalue weighted by Crippen LogP contribution is -2.26. The van der Waals surface area contributed by atoms with Crippen molar-refractivity contribution < 1.29 is 9.50 Å². The maximum Gasteiger partial charge on any atom is 0.131 e. The van der Waals surface area contributed by atoms with Crippen molar-refractivity contribution in [2.75, 3.05) is 18.0 Å². The summed E-state index contributed by atoms with van der Waals surface area (Å²) in [7, 11) is 0. The molecular formula is C14H20FNO. The van der Waals surface area contributed by atoms with Gasteiger partial charge in [0.15, 0.2) is 0 Å². The second-order valence-electron chi connectivity index (χ2n) is 4.08. The molecule has 0 saturated carbocycles. The van der Waals surface area contributed by atoms with E-state index in [2.05, 4.69) is 13.5 Å². The highest BCUT2D eigenvalue weighted by Crippen LogP contribution is 2.29. The quantitative estimate of drug-likeness (QED) is 0.767. The van der Waals surface area contributed by atoms with Gasteiger partial charge in [-0.25, -0.2) is 4.39 Å². The molecule has 0 saturated heterocycles. The Labute approximate surface area is 102 Å². The molecule has 0 amide bonds. The van der Waals surface area contributed by atoms with Crippen molar-refractivity contribution in [3.63, 3.8) is 0 Å². The Morgan fingerprint density at radius 2 is 2.24 bits per heavy atom. The maximum absolute atomic E-state index is 13.7. The third kappa shape index (κ3) is 3.30. The standard InChI is InChI=1S/C14H20FNO/c1-4-9-16(10-5-2)13-8-6-7-12(15)14(13)11(3)17/h4,6-8,11,17H,1,5,9-10H2,2-3H3/t11-/m0/s1. The molecule has 1 N–H and O–H groups in total. The topological polar surface area (TPSA) is 23.5 Å². The molecule has 0 fully saturated rings. The van der Waals surface area contributed by atoms with Gasteiger partial charge in [-0.2, -0.15) is 0 Å². The largest absolute Gasteiger partial charge is 0.389 e. The Morgan fingerprint density at radius 1 is 1.53 bits per heavy atom. The van der Waals surface area contributed by atoms with E-state index in [1.54, 1.807) is 19.1 Å². The summed E-state index contributed by atoms with van der Waals surface area (Å²) in [5.41, 5.74) is 1.12. The van der Waals surface area contributed by atoms with Gasteiger partial charge in [-0.1, -0.05) is 19.1 Å². The molecule has 0 bridgehead atoms. The number of hydrogen-bond acceptors (Lipinski definition) is 2. The SMILES string of the molecule is C=CCN(CCC)c1cccc(F)c1[C@H](C)O. The van der Waals surface area contributed by atoms with Crippen molar-refractivity contribution in [2.45, 2.75) is 26.4 Å². The van der Waals surface area contributed by atoms with Crippen LogP contribution in [0.25, 0.3) is 0 Å². The summed E-state index contributed by atoms with van der Waals surface area (Å²) in [5, 5.41) is 9.68. The number of rotatable bonds is 6. The van der Waals surface area contributed by atoms with E-state index in [1.165, 1.54) is 6.07 Å². The van der Waals surface area contributed by atoms with Gasteiger partial charge in [-0.3, -0.25) is 0 Å². The second-order valence-corrected chi connectivity index (χ2v) is 4.08. The number of aliphatic hydroxyl groups is 1. The first-order valence-corrected chi connectivity index (χ1v) is 5.94. The van der Waals surface area contributed by atoms with E-state index in [-0.39, 0.29) is 5.82 Å². The van der Waals surface area contributed by atoms with Gasteiger partial charge in [0.05, 0.1) is 6.10 Å². The third-order valence-corrected chi connectivity index (χ3v) is 2.63. The van der Waals surface area contributed by atoms with E-state index >= 15 is 0 Å². The number of nitrogens with zero attached hydrogens (tertiary/aromatic N) is 1. The molecule has 3 heteroatoms. The monoisotopic (exact) mass is 237 g/mol. The molecule has 1 aromatic carbocycles. The van der Waals surface area contributed by atoms with Crippen LogP contribution in [0.2, 0.25) is 0 Å². The van der Waals surface area contributed by atoms with Crippen LogP contribution in [0, 0.1) is 5.82 Å². The highest BCUT2D eigenvalue weighted by atomic mass is 19.1. The predicted molar refractivity (Wildman–Crippen MR) is 69.7 cm³/mol. The minimum absolute atomic E-state index is 0.359. The van der Waals surface area contributed by atoms with Crippen molar-refractivity contribution >= 4 is 5.69 Å². The predicted octanol–water partition coefficient (Wildman–Crippen LogP) is 3.28. The van der Waals surface area contributed by atoms with Crippen LogP contribution in [0.15, 0.2) is 30.9 Å². The molecule has 94 valence electrons. The summed E-state index contributed by atoms with van der Waals surface area (Å²) in [4.78, 5) is 2.03. The summed E-state index contributed by atoms with van der Waals surface area (Å²) < 4.78 is 13.7. The highest BCUT2D eigenvalue weighted by Gasteiger charge is 2.17. The van der Waals surface area contributed by atoms with Crippen molar-refractivity contribution in [3.05, 3.63) is 42.2 Å². The van der Waals surface area contributed by atoms with Gasteiger partial charge in [-0.15, -0.1) is 6.58 Å². The lowest BCUT2D eigenvalue weighted by atomic mass is 10.1. The van der Waals surface area contributed by atoms with E-state index in [0.717, 1.165) is 18.7 Å². The summed E-state index contributed by atoms with van der Waals surface area (Å²) in [6, 6.07) is 4.89. The molecule has 0 spiro atoms. The zero-order chi connectivity index (χ0) is 12.8. The molecule has 0 aliphatic heterocycles. The molecule has 1 rings (SSSR count). The molecule has 0 heterocycles. The fourth-order valence-corrected chi connectivity index (χ4v) is 1.95. The molecule has 0 unspecified atom stereocenters. The minimum atomic E-state index is -0.810. The lowest BCUT2D eigenvalue weighted by molar-refractivity contribution is 0.194. The van der Waals surface area contributed by atoms with Crippen LogP contribution in [0.1, 0.15) is 31.9 Å². The molecule has 17 heavy (non-hydrogen) atoms. The summed E-state index contributed by atoms with van der Waals surface area (Å²) in [6.45, 7) is 8.82. The van der Waals surface area contributed by atoms with Gasteiger partial charge in [0.2, 0.25) is 0 Å². The van der Waals surface area contributed by atoms with Crippen molar-refractivity contribution in [2.24, 2.45) is 0 Å².